The summed E-state index contributed by atoms with van der Waals surface area (Å²) in [6.07, 6.45) is 1.50. The van der Waals surface area contributed by atoms with Crippen molar-refractivity contribution < 1.29 is 14.3 Å². The van der Waals surface area contributed by atoms with Crippen LogP contribution >= 0.6 is 23.2 Å². The summed E-state index contributed by atoms with van der Waals surface area (Å²) in [6.45, 7) is 4.71. The number of ether oxygens (including phenoxy) is 2. The van der Waals surface area contributed by atoms with Crippen LogP contribution in [0.15, 0.2) is 18.3 Å². The van der Waals surface area contributed by atoms with Crippen LogP contribution in [0.4, 0.5) is 17.5 Å². The van der Waals surface area contributed by atoms with Gasteiger partial charge >= 0.3 is 0 Å². The Morgan fingerprint density at radius 3 is 2.71 bits per heavy atom. The standard InChI is InChI=1S/C18H21Cl2N5O3/c1-3-21-16-13(20)10-22-18(24-16)23-14-9-15(27-2)11(8-12(14)19)17(26)25-4-6-28-7-5-25/h8-10H,3-7H2,1-2H3,(H2,21,22,23,24). The van der Waals surface area contributed by atoms with E-state index < -0.39 is 0 Å². The molecule has 0 spiro atoms. The first kappa shape index (κ1) is 20.4. The number of aromatic nitrogens is 2. The molecular formula is C18H21Cl2N5O3. The number of morpholine rings is 1. The molecule has 1 saturated heterocycles. The molecule has 10 heteroatoms. The van der Waals surface area contributed by atoms with Crippen LogP contribution in [0.5, 0.6) is 5.75 Å². The lowest BCUT2D eigenvalue weighted by Gasteiger charge is -2.27. The highest BCUT2D eigenvalue weighted by molar-refractivity contribution is 6.34. The Morgan fingerprint density at radius 2 is 2.04 bits per heavy atom. The van der Waals surface area contributed by atoms with Crippen LogP contribution in [0.1, 0.15) is 17.3 Å². The summed E-state index contributed by atoms with van der Waals surface area (Å²) in [5.41, 5.74) is 0.909. The Balaban J connectivity index is 1.87. The maximum atomic E-state index is 12.8. The van der Waals surface area contributed by atoms with Crippen LogP contribution in [0.25, 0.3) is 0 Å². The second-order valence-corrected chi connectivity index (χ2v) is 6.80. The monoisotopic (exact) mass is 425 g/mol. The number of nitrogens with one attached hydrogen (secondary N) is 2. The zero-order chi connectivity index (χ0) is 20.1. The van der Waals surface area contributed by atoms with Gasteiger partial charge in [-0.1, -0.05) is 23.2 Å². The van der Waals surface area contributed by atoms with Crippen LogP contribution in [0.3, 0.4) is 0 Å². The van der Waals surface area contributed by atoms with Crippen molar-refractivity contribution in [3.63, 3.8) is 0 Å². The Hall–Kier alpha value is -2.29. The highest BCUT2D eigenvalue weighted by Gasteiger charge is 2.23. The highest BCUT2D eigenvalue weighted by atomic mass is 35.5. The number of hydrogen-bond acceptors (Lipinski definition) is 7. The molecule has 0 aliphatic carbocycles. The fourth-order valence-corrected chi connectivity index (χ4v) is 3.13. The summed E-state index contributed by atoms with van der Waals surface area (Å²) in [6, 6.07) is 3.24. The lowest BCUT2D eigenvalue weighted by molar-refractivity contribution is 0.0301. The van der Waals surface area contributed by atoms with E-state index in [1.165, 1.54) is 13.3 Å². The molecule has 2 aromatic rings. The smallest absolute Gasteiger partial charge is 0.257 e. The van der Waals surface area contributed by atoms with E-state index in [2.05, 4.69) is 20.6 Å². The molecule has 2 N–H and O–H groups in total. The summed E-state index contributed by atoms with van der Waals surface area (Å²) >= 11 is 12.5. The molecule has 2 heterocycles. The molecular weight excluding hydrogens is 405 g/mol. The van der Waals surface area contributed by atoms with E-state index in [0.717, 1.165) is 0 Å². The number of methoxy groups -OCH3 is 1. The minimum Gasteiger partial charge on any atom is -0.496 e. The van der Waals surface area contributed by atoms with Gasteiger partial charge in [0.2, 0.25) is 5.95 Å². The minimum atomic E-state index is -0.147. The van der Waals surface area contributed by atoms with E-state index in [9.17, 15) is 4.79 Å². The van der Waals surface area contributed by atoms with E-state index in [0.29, 0.717) is 71.7 Å². The first-order chi connectivity index (χ1) is 13.5. The quantitative estimate of drug-likeness (QED) is 0.732. The zero-order valence-electron chi connectivity index (χ0n) is 15.6. The van der Waals surface area contributed by atoms with Crippen molar-refractivity contribution in [3.05, 3.63) is 33.9 Å². The normalized spacial score (nSPS) is 13.9. The summed E-state index contributed by atoms with van der Waals surface area (Å²) < 4.78 is 10.7. The van der Waals surface area contributed by atoms with Gasteiger partial charge in [0, 0.05) is 25.7 Å². The molecule has 0 saturated carbocycles. The Labute approximate surface area is 173 Å². The van der Waals surface area contributed by atoms with Crippen molar-refractivity contribution in [2.24, 2.45) is 0 Å². The van der Waals surface area contributed by atoms with Crippen molar-refractivity contribution in [2.75, 3.05) is 50.6 Å². The number of halogens is 2. The number of anilines is 3. The molecule has 0 bridgehead atoms. The van der Waals surface area contributed by atoms with Crippen molar-refractivity contribution in [1.82, 2.24) is 14.9 Å². The molecule has 1 aliphatic rings. The van der Waals surface area contributed by atoms with Crippen LogP contribution in [-0.4, -0.2) is 60.7 Å². The average Bonchev–Trinajstić information content (AvgIpc) is 2.72. The zero-order valence-corrected chi connectivity index (χ0v) is 17.1. The van der Waals surface area contributed by atoms with Crippen LogP contribution in [0.2, 0.25) is 10.0 Å². The van der Waals surface area contributed by atoms with Gasteiger partial charge in [-0.3, -0.25) is 4.79 Å². The molecule has 1 aromatic carbocycles. The molecule has 1 amide bonds. The van der Waals surface area contributed by atoms with Gasteiger partial charge in [-0.05, 0) is 13.0 Å². The van der Waals surface area contributed by atoms with Gasteiger partial charge in [0.25, 0.3) is 5.91 Å². The maximum absolute atomic E-state index is 12.8. The summed E-state index contributed by atoms with van der Waals surface area (Å²) in [5, 5.41) is 6.87. The van der Waals surface area contributed by atoms with Crippen molar-refractivity contribution in [2.45, 2.75) is 6.92 Å². The number of benzene rings is 1. The van der Waals surface area contributed by atoms with Crippen molar-refractivity contribution in [1.29, 1.82) is 0 Å². The third-order valence-corrected chi connectivity index (χ3v) is 4.74. The fraction of sp³-hybridized carbons (Fsp3) is 0.389. The van der Waals surface area contributed by atoms with Gasteiger partial charge in [-0.25, -0.2) is 4.98 Å². The second kappa shape index (κ2) is 9.27. The highest BCUT2D eigenvalue weighted by Crippen LogP contribution is 2.33. The molecule has 0 radical (unpaired) electrons. The number of nitrogens with zero attached hydrogens (tertiary/aromatic N) is 3. The van der Waals surface area contributed by atoms with E-state index in [1.54, 1.807) is 17.0 Å². The van der Waals surface area contributed by atoms with Gasteiger partial charge in [0.05, 0.1) is 42.8 Å². The van der Waals surface area contributed by atoms with Crippen LogP contribution < -0.4 is 15.4 Å². The fourth-order valence-electron chi connectivity index (χ4n) is 2.76. The molecule has 28 heavy (non-hydrogen) atoms. The van der Waals surface area contributed by atoms with Gasteiger partial charge < -0.3 is 25.0 Å². The van der Waals surface area contributed by atoms with Crippen molar-refractivity contribution in [3.8, 4) is 5.75 Å². The third kappa shape index (κ3) is 4.57. The number of rotatable bonds is 6. The maximum Gasteiger partial charge on any atom is 0.257 e. The van der Waals surface area contributed by atoms with Gasteiger partial charge in [0.1, 0.15) is 16.6 Å². The Morgan fingerprint density at radius 1 is 1.29 bits per heavy atom. The summed E-state index contributed by atoms with van der Waals surface area (Å²) in [5.74, 6) is 1.09. The molecule has 150 valence electrons. The molecule has 1 aliphatic heterocycles. The Kier molecular flexibility index (Phi) is 6.77. The van der Waals surface area contributed by atoms with Gasteiger partial charge in [-0.15, -0.1) is 0 Å². The van der Waals surface area contributed by atoms with E-state index in [1.807, 2.05) is 6.92 Å². The Bertz CT molecular complexity index is 859. The first-order valence-corrected chi connectivity index (χ1v) is 9.57. The van der Waals surface area contributed by atoms with E-state index in [-0.39, 0.29) is 5.91 Å². The largest absolute Gasteiger partial charge is 0.496 e. The molecule has 1 aromatic heterocycles. The number of carbonyl (C=O) groups is 1. The summed E-state index contributed by atoms with van der Waals surface area (Å²) in [7, 11) is 1.51. The summed E-state index contributed by atoms with van der Waals surface area (Å²) in [4.78, 5) is 23.0. The average molecular weight is 426 g/mol. The molecule has 0 atom stereocenters. The molecule has 8 nitrogen and oxygen atoms in total. The lowest BCUT2D eigenvalue weighted by Crippen LogP contribution is -2.40. The molecule has 3 rings (SSSR count). The SMILES string of the molecule is CCNc1nc(Nc2cc(OC)c(C(=O)N3CCOCC3)cc2Cl)ncc1Cl. The molecule has 0 unspecified atom stereocenters. The lowest BCUT2D eigenvalue weighted by atomic mass is 10.1. The topological polar surface area (TPSA) is 88.6 Å². The predicted octanol–water partition coefficient (Wildman–Crippen LogP) is 3.44. The molecule has 1 fully saturated rings. The van der Waals surface area contributed by atoms with E-state index >= 15 is 0 Å². The van der Waals surface area contributed by atoms with E-state index in [4.69, 9.17) is 32.7 Å². The predicted molar refractivity (Wildman–Crippen MR) is 109 cm³/mol. The first-order valence-electron chi connectivity index (χ1n) is 8.81. The van der Waals surface area contributed by atoms with Gasteiger partial charge in [0.15, 0.2) is 0 Å². The third-order valence-electron chi connectivity index (χ3n) is 4.15. The number of hydrogen-bond donors (Lipinski definition) is 2. The minimum absolute atomic E-state index is 0.147. The van der Waals surface area contributed by atoms with Crippen molar-refractivity contribution >= 4 is 46.6 Å². The number of amides is 1. The number of carbonyl (C=O) groups excluding carboxylic acids is 1. The second-order valence-electron chi connectivity index (χ2n) is 5.98. The van der Waals surface area contributed by atoms with Crippen LogP contribution in [-0.2, 0) is 4.74 Å². The van der Waals surface area contributed by atoms with Gasteiger partial charge in [-0.2, -0.15) is 4.98 Å². The van der Waals surface area contributed by atoms with Crippen LogP contribution in [0, 0.1) is 0 Å².